The largest absolute Gasteiger partial charge is 0.307 e. The van der Waals surface area contributed by atoms with Crippen LogP contribution in [0.15, 0.2) is 115 Å². The average Bonchev–Trinajstić information content (AvgIpc) is 3.68. The number of hydrogen-bond donors (Lipinski definition) is 0. The first-order chi connectivity index (χ1) is 22.0. The summed E-state index contributed by atoms with van der Waals surface area (Å²) in [6, 6.07) is 45.1. The highest BCUT2D eigenvalue weighted by Crippen LogP contribution is 2.51. The molecule has 0 atom stereocenters. The molecule has 0 fully saturated rings. The summed E-state index contributed by atoms with van der Waals surface area (Å²) in [4.78, 5) is 0. The molecule has 1 aliphatic rings. The minimum atomic E-state index is -0.0373. The van der Waals surface area contributed by atoms with E-state index >= 15 is 0 Å². The molecule has 0 saturated carbocycles. The van der Waals surface area contributed by atoms with Crippen LogP contribution in [0.5, 0.6) is 0 Å². The maximum atomic E-state index is 10.4. The maximum absolute atomic E-state index is 10.4. The predicted molar refractivity (Wildman–Crippen MR) is 186 cm³/mol. The van der Waals surface area contributed by atoms with Gasteiger partial charge in [0.25, 0.3) is 0 Å². The lowest BCUT2D eigenvalue weighted by molar-refractivity contribution is 0.661. The lowest BCUT2D eigenvalue weighted by Crippen LogP contribution is -2.14. The number of hydrogen-bond acceptors (Lipinski definition) is 3. The Hall–Kier alpha value is -5.68. The Morgan fingerprint density at radius 1 is 0.578 bits per heavy atom. The molecule has 210 valence electrons. The zero-order valence-corrected chi connectivity index (χ0v) is 25.5. The monoisotopic (exact) mass is 591 g/mol. The smallest absolute Gasteiger partial charge is 0.101 e. The third-order valence-electron chi connectivity index (χ3n) is 9.67. The van der Waals surface area contributed by atoms with E-state index in [0.717, 1.165) is 38.6 Å². The van der Waals surface area contributed by atoms with Gasteiger partial charge >= 0.3 is 0 Å². The lowest BCUT2D eigenvalue weighted by Gasteiger charge is -2.21. The first kappa shape index (κ1) is 25.8. The summed E-state index contributed by atoms with van der Waals surface area (Å²) >= 11 is 1.84. The molecule has 45 heavy (non-hydrogen) atoms. The topological polar surface area (TPSA) is 52.5 Å². The van der Waals surface area contributed by atoms with Crippen molar-refractivity contribution in [3.05, 3.63) is 138 Å². The quantitative estimate of drug-likeness (QED) is 0.201. The lowest BCUT2D eigenvalue weighted by atomic mass is 9.82. The highest BCUT2D eigenvalue weighted by molar-refractivity contribution is 7.25. The molecule has 9 rings (SSSR count). The van der Waals surface area contributed by atoms with Crippen molar-refractivity contribution >= 4 is 53.3 Å². The predicted octanol–water partition coefficient (Wildman–Crippen LogP) is 10.9. The molecule has 0 spiro atoms. The molecule has 1 aliphatic carbocycles. The number of aromatic nitrogens is 1. The van der Waals surface area contributed by atoms with E-state index < -0.39 is 0 Å². The summed E-state index contributed by atoms with van der Waals surface area (Å²) in [6.45, 7) is 4.66. The van der Waals surface area contributed by atoms with Gasteiger partial charge in [-0.1, -0.05) is 80.6 Å². The van der Waals surface area contributed by atoms with Crippen LogP contribution in [0.3, 0.4) is 0 Å². The summed E-state index contributed by atoms with van der Waals surface area (Å²) in [6.07, 6.45) is 0. The number of nitriles is 2. The second kappa shape index (κ2) is 9.16. The standard InChI is InChI=1S/C41H25N3S/c1-41(2)34-12-5-3-9-28(34)31-20-33-30-16-15-25(19-38(30)45-39(33)21-35(31)41)27-11-7-8-26(23-43)40(27)44-36-13-6-4-10-29(36)32-18-24(22-42)14-17-37(32)44/h3-21H,1-2H3. The molecule has 0 radical (unpaired) electrons. The second-order valence-electron chi connectivity index (χ2n) is 12.4. The molecule has 0 amide bonds. The van der Waals surface area contributed by atoms with Gasteiger partial charge < -0.3 is 4.57 Å². The molecule has 0 bridgehead atoms. The molecule has 2 aromatic heterocycles. The van der Waals surface area contributed by atoms with Gasteiger partial charge in [0.15, 0.2) is 0 Å². The van der Waals surface area contributed by atoms with Gasteiger partial charge in [0.2, 0.25) is 0 Å². The molecule has 0 N–H and O–H groups in total. The van der Waals surface area contributed by atoms with Crippen LogP contribution in [0.4, 0.5) is 0 Å². The normalized spacial score (nSPS) is 13.2. The van der Waals surface area contributed by atoms with Crippen LogP contribution >= 0.6 is 11.3 Å². The van der Waals surface area contributed by atoms with Gasteiger partial charge in [0.05, 0.1) is 33.9 Å². The van der Waals surface area contributed by atoms with E-state index in [-0.39, 0.29) is 5.41 Å². The molecule has 0 aliphatic heterocycles. The molecular weight excluding hydrogens is 567 g/mol. The number of fused-ring (bicyclic) bond motifs is 9. The van der Waals surface area contributed by atoms with E-state index in [2.05, 4.69) is 103 Å². The first-order valence-corrected chi connectivity index (χ1v) is 15.9. The minimum absolute atomic E-state index is 0.0373. The maximum Gasteiger partial charge on any atom is 0.101 e. The average molecular weight is 592 g/mol. The molecule has 2 heterocycles. The SMILES string of the molecule is CC1(C)c2ccccc2-c2cc3c(cc21)sc1cc(-c2cccc(C#N)c2-n2c4ccccc4c4cc(C#N)ccc42)ccc13. The van der Waals surface area contributed by atoms with Gasteiger partial charge in [-0.05, 0) is 76.3 Å². The zero-order chi connectivity index (χ0) is 30.4. The molecule has 4 heteroatoms. The number of benzene rings is 6. The Bertz CT molecular complexity index is 2650. The van der Waals surface area contributed by atoms with Crippen molar-refractivity contribution in [2.24, 2.45) is 0 Å². The Balaban J connectivity index is 1.29. The van der Waals surface area contributed by atoms with Crippen molar-refractivity contribution < 1.29 is 0 Å². The molecular formula is C41H25N3S. The van der Waals surface area contributed by atoms with Gasteiger partial charge in [-0.3, -0.25) is 0 Å². The van der Waals surface area contributed by atoms with Crippen molar-refractivity contribution in [1.82, 2.24) is 4.57 Å². The van der Waals surface area contributed by atoms with Crippen molar-refractivity contribution in [3.8, 4) is 40.1 Å². The molecule has 6 aromatic carbocycles. The fraction of sp³-hybridized carbons (Fsp3) is 0.0732. The number of nitrogens with zero attached hydrogens (tertiary/aromatic N) is 3. The van der Waals surface area contributed by atoms with Crippen LogP contribution in [0.25, 0.3) is 69.9 Å². The van der Waals surface area contributed by atoms with Gasteiger partial charge in [0, 0.05) is 41.9 Å². The number of para-hydroxylation sites is 2. The Labute approximate surface area is 264 Å². The molecule has 8 aromatic rings. The van der Waals surface area contributed by atoms with Crippen LogP contribution in [0.1, 0.15) is 36.1 Å². The second-order valence-corrected chi connectivity index (χ2v) is 13.5. The Morgan fingerprint density at radius 3 is 2.22 bits per heavy atom. The highest BCUT2D eigenvalue weighted by Gasteiger charge is 2.35. The summed E-state index contributed by atoms with van der Waals surface area (Å²) in [5.41, 5.74) is 11.5. The van der Waals surface area contributed by atoms with Crippen molar-refractivity contribution in [2.75, 3.05) is 0 Å². The summed E-state index contributed by atoms with van der Waals surface area (Å²) in [5, 5.41) is 24.6. The van der Waals surface area contributed by atoms with E-state index in [4.69, 9.17) is 0 Å². The molecule has 3 nitrogen and oxygen atoms in total. The Morgan fingerprint density at radius 2 is 1.36 bits per heavy atom. The molecule has 0 saturated heterocycles. The fourth-order valence-electron chi connectivity index (χ4n) is 7.53. The fourth-order valence-corrected chi connectivity index (χ4v) is 8.70. The van der Waals surface area contributed by atoms with E-state index in [1.165, 1.54) is 42.4 Å². The van der Waals surface area contributed by atoms with E-state index in [9.17, 15) is 10.5 Å². The van der Waals surface area contributed by atoms with Gasteiger partial charge in [-0.25, -0.2) is 0 Å². The van der Waals surface area contributed by atoms with Crippen molar-refractivity contribution in [1.29, 1.82) is 10.5 Å². The van der Waals surface area contributed by atoms with Crippen molar-refractivity contribution in [3.63, 3.8) is 0 Å². The number of thiophene rings is 1. The van der Waals surface area contributed by atoms with Gasteiger partial charge in [-0.15, -0.1) is 11.3 Å². The number of rotatable bonds is 2. The van der Waals surface area contributed by atoms with Crippen LogP contribution in [0, 0.1) is 22.7 Å². The van der Waals surface area contributed by atoms with E-state index in [1.54, 1.807) is 0 Å². The van der Waals surface area contributed by atoms with Crippen molar-refractivity contribution in [2.45, 2.75) is 19.3 Å². The summed E-state index contributed by atoms with van der Waals surface area (Å²) in [5.74, 6) is 0. The highest BCUT2D eigenvalue weighted by atomic mass is 32.1. The van der Waals surface area contributed by atoms with Crippen LogP contribution in [-0.2, 0) is 5.41 Å². The van der Waals surface area contributed by atoms with Crippen LogP contribution < -0.4 is 0 Å². The first-order valence-electron chi connectivity index (χ1n) is 15.1. The summed E-state index contributed by atoms with van der Waals surface area (Å²) in [7, 11) is 0. The summed E-state index contributed by atoms with van der Waals surface area (Å²) < 4.78 is 4.72. The van der Waals surface area contributed by atoms with Crippen LogP contribution in [-0.4, -0.2) is 4.57 Å². The van der Waals surface area contributed by atoms with Gasteiger partial charge in [0.1, 0.15) is 6.07 Å². The van der Waals surface area contributed by atoms with Crippen LogP contribution in [0.2, 0.25) is 0 Å². The third kappa shape index (κ3) is 3.49. The third-order valence-corrected chi connectivity index (χ3v) is 10.8. The Kier molecular flexibility index (Phi) is 5.25. The zero-order valence-electron chi connectivity index (χ0n) is 24.7. The van der Waals surface area contributed by atoms with E-state index in [0.29, 0.717) is 11.1 Å². The molecule has 0 unspecified atom stereocenters. The van der Waals surface area contributed by atoms with Gasteiger partial charge in [-0.2, -0.15) is 10.5 Å². The minimum Gasteiger partial charge on any atom is -0.307 e. The van der Waals surface area contributed by atoms with E-state index in [1.807, 2.05) is 53.8 Å².